The number of halogens is 1. The molecule has 0 atom stereocenters. The maximum atomic E-state index is 13.2. The highest BCUT2D eigenvalue weighted by Crippen LogP contribution is 2.24. The third kappa shape index (κ3) is 3.74. The molecule has 0 aliphatic rings. The molecule has 0 saturated carbocycles. The van der Waals surface area contributed by atoms with E-state index in [9.17, 15) is 14.0 Å². The van der Waals surface area contributed by atoms with E-state index in [2.05, 4.69) is 10.3 Å². The summed E-state index contributed by atoms with van der Waals surface area (Å²) in [5.41, 5.74) is 1.57. The lowest BCUT2D eigenvalue weighted by Crippen LogP contribution is -2.31. The van der Waals surface area contributed by atoms with Crippen LogP contribution in [0.15, 0.2) is 64.9 Å². The fraction of sp³-hybridized carbons (Fsp3) is 0.0952. The highest BCUT2D eigenvalue weighted by Gasteiger charge is 2.17. The molecule has 4 aromatic rings. The van der Waals surface area contributed by atoms with Crippen molar-refractivity contribution in [2.24, 2.45) is 0 Å². The van der Waals surface area contributed by atoms with Crippen molar-refractivity contribution >= 4 is 22.2 Å². The zero-order chi connectivity index (χ0) is 20.4. The maximum absolute atomic E-state index is 13.2. The minimum Gasteiger partial charge on any atom is -0.497 e. The van der Waals surface area contributed by atoms with E-state index in [1.807, 2.05) is 12.1 Å². The first-order valence-corrected chi connectivity index (χ1v) is 9.61. The first-order valence-electron chi connectivity index (χ1n) is 8.73. The molecule has 0 radical (unpaired) electrons. The van der Waals surface area contributed by atoms with Crippen LogP contribution in [0.2, 0.25) is 0 Å². The predicted octanol–water partition coefficient (Wildman–Crippen LogP) is 3.50. The molecule has 0 unspecified atom stereocenters. The number of amides is 1. The predicted molar refractivity (Wildman–Crippen MR) is 109 cm³/mol. The van der Waals surface area contributed by atoms with E-state index in [0.717, 1.165) is 11.3 Å². The fourth-order valence-electron chi connectivity index (χ4n) is 2.89. The van der Waals surface area contributed by atoms with Crippen LogP contribution < -0.4 is 15.6 Å². The van der Waals surface area contributed by atoms with Crippen molar-refractivity contribution in [3.8, 4) is 17.0 Å². The van der Waals surface area contributed by atoms with Crippen molar-refractivity contribution in [3.05, 3.63) is 87.4 Å². The summed E-state index contributed by atoms with van der Waals surface area (Å²) in [6, 6.07) is 13.1. The van der Waals surface area contributed by atoms with Gasteiger partial charge in [-0.25, -0.2) is 9.37 Å². The fourth-order valence-corrected chi connectivity index (χ4v) is 3.75. The van der Waals surface area contributed by atoms with E-state index in [4.69, 9.17) is 4.74 Å². The maximum Gasteiger partial charge on any atom is 0.271 e. The zero-order valence-corrected chi connectivity index (χ0v) is 16.2. The molecule has 0 bridgehead atoms. The lowest BCUT2D eigenvalue weighted by molar-refractivity contribution is 0.0949. The van der Waals surface area contributed by atoms with Crippen molar-refractivity contribution in [2.45, 2.75) is 6.54 Å². The van der Waals surface area contributed by atoms with Crippen LogP contribution in [0.5, 0.6) is 5.75 Å². The molecule has 2 heterocycles. The Labute approximate surface area is 169 Å². The summed E-state index contributed by atoms with van der Waals surface area (Å²) in [4.78, 5) is 30.2. The number of hydrogen-bond donors (Lipinski definition) is 1. The molecule has 6 nitrogen and oxygen atoms in total. The quantitative estimate of drug-likeness (QED) is 0.548. The van der Waals surface area contributed by atoms with Crippen LogP contribution in [0.1, 0.15) is 15.9 Å². The SMILES string of the molecule is COc1ccc(CNC(=O)c2cnc3scc(-c4ccc(F)cc4)n3c2=O)cc1. The molecule has 0 saturated heterocycles. The van der Waals surface area contributed by atoms with Crippen molar-refractivity contribution in [1.82, 2.24) is 14.7 Å². The normalized spacial score (nSPS) is 10.8. The third-order valence-corrected chi connectivity index (χ3v) is 5.28. The minimum absolute atomic E-state index is 0.0576. The number of hydrogen-bond acceptors (Lipinski definition) is 5. The van der Waals surface area contributed by atoms with Gasteiger partial charge in [-0.15, -0.1) is 11.3 Å². The van der Waals surface area contributed by atoms with Crippen LogP contribution in [0, 0.1) is 5.82 Å². The number of rotatable bonds is 5. The van der Waals surface area contributed by atoms with Gasteiger partial charge in [0.25, 0.3) is 11.5 Å². The summed E-state index contributed by atoms with van der Waals surface area (Å²) >= 11 is 1.28. The van der Waals surface area contributed by atoms with Crippen LogP contribution in [0.25, 0.3) is 16.2 Å². The molecule has 2 aromatic carbocycles. The molecule has 0 aliphatic carbocycles. The Kier molecular flexibility index (Phi) is 5.09. The first kappa shape index (κ1) is 18.8. The third-order valence-electron chi connectivity index (χ3n) is 4.44. The topological polar surface area (TPSA) is 72.7 Å². The Bertz CT molecular complexity index is 1230. The average molecular weight is 409 g/mol. The molecule has 0 fully saturated rings. The molecule has 4 rings (SSSR count). The van der Waals surface area contributed by atoms with Gasteiger partial charge in [-0.3, -0.25) is 14.0 Å². The van der Waals surface area contributed by atoms with Gasteiger partial charge in [0.15, 0.2) is 4.96 Å². The largest absolute Gasteiger partial charge is 0.497 e. The molecule has 146 valence electrons. The highest BCUT2D eigenvalue weighted by atomic mass is 32.1. The molecule has 0 spiro atoms. The number of ether oxygens (including phenoxy) is 1. The zero-order valence-electron chi connectivity index (χ0n) is 15.4. The molecular weight excluding hydrogens is 393 g/mol. The van der Waals surface area contributed by atoms with Gasteiger partial charge in [-0.1, -0.05) is 12.1 Å². The van der Waals surface area contributed by atoms with E-state index >= 15 is 0 Å². The summed E-state index contributed by atoms with van der Waals surface area (Å²) in [6.45, 7) is 0.263. The number of benzene rings is 2. The average Bonchev–Trinajstić information content (AvgIpc) is 3.18. The van der Waals surface area contributed by atoms with E-state index in [-0.39, 0.29) is 17.9 Å². The summed E-state index contributed by atoms with van der Waals surface area (Å²) in [7, 11) is 1.58. The van der Waals surface area contributed by atoms with Crippen LogP contribution in [-0.4, -0.2) is 22.4 Å². The summed E-state index contributed by atoms with van der Waals surface area (Å²) < 4.78 is 19.7. The van der Waals surface area contributed by atoms with Gasteiger partial charge in [0.05, 0.1) is 12.8 Å². The Morgan fingerprint density at radius 1 is 1.17 bits per heavy atom. The van der Waals surface area contributed by atoms with Gasteiger partial charge in [0, 0.05) is 18.1 Å². The second-order valence-electron chi connectivity index (χ2n) is 6.25. The Morgan fingerprint density at radius 3 is 2.59 bits per heavy atom. The molecule has 2 aromatic heterocycles. The summed E-state index contributed by atoms with van der Waals surface area (Å²) in [5.74, 6) is -0.153. The lowest BCUT2D eigenvalue weighted by atomic mass is 10.1. The van der Waals surface area contributed by atoms with E-state index in [1.165, 1.54) is 34.1 Å². The Hall–Kier alpha value is -3.52. The number of carbonyl (C=O) groups excluding carboxylic acids is 1. The number of aromatic nitrogens is 2. The number of thiazole rings is 1. The van der Waals surface area contributed by atoms with Crippen LogP contribution >= 0.6 is 11.3 Å². The van der Waals surface area contributed by atoms with E-state index in [0.29, 0.717) is 16.2 Å². The van der Waals surface area contributed by atoms with Gasteiger partial charge < -0.3 is 10.1 Å². The summed E-state index contributed by atoms with van der Waals surface area (Å²) in [6.07, 6.45) is 1.28. The van der Waals surface area contributed by atoms with E-state index < -0.39 is 11.5 Å². The highest BCUT2D eigenvalue weighted by molar-refractivity contribution is 7.15. The van der Waals surface area contributed by atoms with Crippen LogP contribution in [-0.2, 0) is 6.54 Å². The monoisotopic (exact) mass is 409 g/mol. The van der Waals surface area contributed by atoms with Gasteiger partial charge >= 0.3 is 0 Å². The number of methoxy groups -OCH3 is 1. The van der Waals surface area contributed by atoms with Crippen LogP contribution in [0.3, 0.4) is 0 Å². The smallest absolute Gasteiger partial charge is 0.271 e. The minimum atomic E-state index is -0.510. The van der Waals surface area contributed by atoms with E-state index in [1.54, 1.807) is 36.8 Å². The number of nitrogens with one attached hydrogen (secondary N) is 1. The number of fused-ring (bicyclic) bond motifs is 1. The summed E-state index contributed by atoms with van der Waals surface area (Å²) in [5, 5.41) is 4.50. The molecule has 29 heavy (non-hydrogen) atoms. The standard InChI is InChI=1S/C21H16FN3O3S/c1-28-16-8-2-13(3-9-16)10-23-19(26)17-11-24-21-25(20(17)27)18(12-29-21)14-4-6-15(22)7-5-14/h2-9,11-12H,10H2,1H3,(H,23,26). The van der Waals surface area contributed by atoms with Gasteiger partial charge in [0.2, 0.25) is 0 Å². The number of nitrogens with zero attached hydrogens (tertiary/aromatic N) is 2. The Morgan fingerprint density at radius 2 is 1.90 bits per heavy atom. The second-order valence-corrected chi connectivity index (χ2v) is 7.09. The molecular formula is C21H16FN3O3S. The number of carbonyl (C=O) groups is 1. The molecule has 0 aliphatic heterocycles. The molecule has 1 N–H and O–H groups in total. The van der Waals surface area contributed by atoms with Crippen molar-refractivity contribution in [2.75, 3.05) is 7.11 Å². The molecule has 1 amide bonds. The second kappa shape index (κ2) is 7.84. The van der Waals surface area contributed by atoms with Gasteiger partial charge in [-0.05, 0) is 47.5 Å². The van der Waals surface area contributed by atoms with Crippen molar-refractivity contribution in [3.63, 3.8) is 0 Å². The van der Waals surface area contributed by atoms with Crippen molar-refractivity contribution in [1.29, 1.82) is 0 Å². The first-order chi connectivity index (χ1) is 14.1. The Balaban J connectivity index is 1.62. The van der Waals surface area contributed by atoms with Gasteiger partial charge in [-0.2, -0.15) is 0 Å². The molecule has 8 heteroatoms. The lowest BCUT2D eigenvalue weighted by Gasteiger charge is -2.07. The van der Waals surface area contributed by atoms with Crippen LogP contribution in [0.4, 0.5) is 4.39 Å². The van der Waals surface area contributed by atoms with Gasteiger partial charge in [0.1, 0.15) is 17.1 Å². The van der Waals surface area contributed by atoms with Crippen molar-refractivity contribution < 1.29 is 13.9 Å².